The van der Waals surface area contributed by atoms with Crippen LogP contribution >= 0.6 is 0 Å². The lowest BCUT2D eigenvalue weighted by Gasteiger charge is -2.33. The maximum Gasteiger partial charge on any atom is 0.573 e. The number of halogens is 3. The third-order valence-corrected chi connectivity index (χ3v) is 5.23. The predicted molar refractivity (Wildman–Crippen MR) is 109 cm³/mol. The van der Waals surface area contributed by atoms with Gasteiger partial charge in [0.05, 0.1) is 12.6 Å². The summed E-state index contributed by atoms with van der Waals surface area (Å²) >= 11 is 0. The average Bonchev–Trinajstić information content (AvgIpc) is 2.72. The predicted octanol–water partition coefficient (Wildman–Crippen LogP) is 3.43. The Morgan fingerprint density at radius 3 is 2.42 bits per heavy atom. The average molecular weight is 435 g/mol. The standard InChI is InChI=1S/C22H24F3N3O3/c1-15(21(30)28-12-11-16-5-3-4-6-17(16)13-28)27(2)14-20(29)26-18-7-9-19(10-8-18)31-22(23,24)25/h3-10,15H,11-14H2,1-2H3,(H,26,29). The van der Waals surface area contributed by atoms with Crippen molar-refractivity contribution in [1.82, 2.24) is 9.80 Å². The number of anilines is 1. The first-order valence-electron chi connectivity index (χ1n) is 9.84. The van der Waals surface area contributed by atoms with E-state index in [2.05, 4.69) is 16.1 Å². The molecule has 0 aromatic heterocycles. The van der Waals surface area contributed by atoms with Gasteiger partial charge in [-0.05, 0) is 55.8 Å². The van der Waals surface area contributed by atoms with Gasteiger partial charge >= 0.3 is 6.36 Å². The number of likely N-dealkylation sites (N-methyl/N-ethyl adjacent to an activating group) is 1. The van der Waals surface area contributed by atoms with Crippen LogP contribution in [0.25, 0.3) is 0 Å². The lowest BCUT2D eigenvalue weighted by molar-refractivity contribution is -0.274. The van der Waals surface area contributed by atoms with Crippen molar-refractivity contribution in [3.05, 3.63) is 59.7 Å². The lowest BCUT2D eigenvalue weighted by Crippen LogP contribution is -2.49. The van der Waals surface area contributed by atoms with Gasteiger partial charge in [0.15, 0.2) is 0 Å². The maximum absolute atomic E-state index is 12.9. The number of hydrogen-bond donors (Lipinski definition) is 1. The molecule has 0 saturated heterocycles. The van der Waals surface area contributed by atoms with E-state index in [1.165, 1.54) is 17.7 Å². The Balaban J connectivity index is 1.51. The minimum atomic E-state index is -4.77. The first-order valence-corrected chi connectivity index (χ1v) is 9.84. The molecule has 1 aliphatic heterocycles. The number of ether oxygens (including phenoxy) is 1. The smallest absolute Gasteiger partial charge is 0.406 e. The third kappa shape index (κ3) is 6.21. The first-order chi connectivity index (χ1) is 14.6. The van der Waals surface area contributed by atoms with Crippen LogP contribution in [0.15, 0.2) is 48.5 Å². The molecular formula is C22H24F3N3O3. The molecule has 2 aromatic carbocycles. The Labute approximate surface area is 178 Å². The summed E-state index contributed by atoms with van der Waals surface area (Å²) in [4.78, 5) is 28.6. The number of carbonyl (C=O) groups is 2. The largest absolute Gasteiger partial charge is 0.573 e. The highest BCUT2D eigenvalue weighted by molar-refractivity contribution is 5.93. The zero-order valence-corrected chi connectivity index (χ0v) is 17.3. The van der Waals surface area contributed by atoms with Crippen LogP contribution in [0.1, 0.15) is 18.1 Å². The highest BCUT2D eigenvalue weighted by atomic mass is 19.4. The molecule has 1 atom stereocenters. The van der Waals surface area contributed by atoms with Gasteiger partial charge in [-0.1, -0.05) is 24.3 Å². The Morgan fingerprint density at radius 1 is 1.13 bits per heavy atom. The molecule has 0 bridgehead atoms. The highest BCUT2D eigenvalue weighted by Gasteiger charge is 2.31. The Hall–Kier alpha value is -3.07. The summed E-state index contributed by atoms with van der Waals surface area (Å²) < 4.78 is 40.4. The van der Waals surface area contributed by atoms with Crippen molar-refractivity contribution in [2.45, 2.75) is 32.3 Å². The van der Waals surface area contributed by atoms with E-state index in [4.69, 9.17) is 0 Å². The van der Waals surface area contributed by atoms with Gasteiger partial charge in [0.25, 0.3) is 0 Å². The van der Waals surface area contributed by atoms with Crippen LogP contribution < -0.4 is 10.1 Å². The van der Waals surface area contributed by atoms with Crippen LogP contribution in [0, 0.1) is 0 Å². The number of alkyl halides is 3. The molecule has 0 radical (unpaired) electrons. The molecule has 2 amide bonds. The molecule has 9 heteroatoms. The molecule has 31 heavy (non-hydrogen) atoms. The fourth-order valence-electron chi connectivity index (χ4n) is 3.44. The van der Waals surface area contributed by atoms with Gasteiger partial charge in [-0.3, -0.25) is 14.5 Å². The van der Waals surface area contributed by atoms with Crippen molar-refractivity contribution in [3.63, 3.8) is 0 Å². The molecule has 166 valence electrons. The van der Waals surface area contributed by atoms with Crippen molar-refractivity contribution in [2.24, 2.45) is 0 Å². The molecule has 2 aromatic rings. The van der Waals surface area contributed by atoms with Gasteiger partial charge in [-0.15, -0.1) is 13.2 Å². The number of nitrogens with zero attached hydrogens (tertiary/aromatic N) is 2. The Bertz CT molecular complexity index is 932. The molecule has 1 aliphatic rings. The molecule has 1 N–H and O–H groups in total. The summed E-state index contributed by atoms with van der Waals surface area (Å²) in [6, 6.07) is 12.4. The number of hydrogen-bond acceptors (Lipinski definition) is 4. The highest BCUT2D eigenvalue weighted by Crippen LogP contribution is 2.24. The zero-order chi connectivity index (χ0) is 22.6. The fourth-order valence-corrected chi connectivity index (χ4v) is 3.44. The molecule has 0 aliphatic carbocycles. The number of amides is 2. The number of benzene rings is 2. The van der Waals surface area contributed by atoms with E-state index in [-0.39, 0.29) is 24.1 Å². The van der Waals surface area contributed by atoms with Crippen LogP contribution in [0.5, 0.6) is 5.75 Å². The summed E-state index contributed by atoms with van der Waals surface area (Å²) in [6.07, 6.45) is -3.97. The van der Waals surface area contributed by atoms with Gasteiger partial charge in [-0.25, -0.2) is 0 Å². The molecule has 1 unspecified atom stereocenters. The second-order valence-electron chi connectivity index (χ2n) is 7.49. The van der Waals surface area contributed by atoms with Crippen LogP contribution in [0.2, 0.25) is 0 Å². The van der Waals surface area contributed by atoms with Gasteiger partial charge in [-0.2, -0.15) is 0 Å². The topological polar surface area (TPSA) is 61.9 Å². The van der Waals surface area contributed by atoms with Crippen LogP contribution in [0.4, 0.5) is 18.9 Å². The second-order valence-corrected chi connectivity index (χ2v) is 7.49. The van der Waals surface area contributed by atoms with Crippen molar-refractivity contribution in [3.8, 4) is 5.75 Å². The number of nitrogens with one attached hydrogen (secondary N) is 1. The molecule has 1 heterocycles. The first kappa shape index (κ1) is 22.6. The summed E-state index contributed by atoms with van der Waals surface area (Å²) in [5.74, 6) is -0.806. The van der Waals surface area contributed by atoms with Crippen molar-refractivity contribution < 1.29 is 27.5 Å². The fraction of sp³-hybridized carbons (Fsp3) is 0.364. The van der Waals surface area contributed by atoms with Gasteiger partial charge in [0.2, 0.25) is 11.8 Å². The second kappa shape index (κ2) is 9.38. The summed E-state index contributed by atoms with van der Waals surface area (Å²) in [6.45, 7) is 2.88. The van der Waals surface area contributed by atoms with Crippen molar-refractivity contribution in [1.29, 1.82) is 0 Å². The minimum Gasteiger partial charge on any atom is -0.406 e. The van der Waals surface area contributed by atoms with E-state index in [1.54, 1.807) is 23.8 Å². The van der Waals surface area contributed by atoms with Gasteiger partial charge < -0.3 is 15.0 Å². The summed E-state index contributed by atoms with van der Waals surface area (Å²) in [7, 11) is 1.68. The van der Waals surface area contributed by atoms with Crippen LogP contribution in [-0.2, 0) is 22.6 Å². The molecular weight excluding hydrogens is 411 g/mol. The number of carbonyl (C=O) groups excluding carboxylic acids is 2. The van der Waals surface area contributed by atoms with E-state index in [9.17, 15) is 22.8 Å². The van der Waals surface area contributed by atoms with E-state index >= 15 is 0 Å². The molecule has 0 fully saturated rings. The summed E-state index contributed by atoms with van der Waals surface area (Å²) in [5, 5.41) is 2.61. The third-order valence-electron chi connectivity index (χ3n) is 5.23. The van der Waals surface area contributed by atoms with Crippen molar-refractivity contribution in [2.75, 3.05) is 25.5 Å². The summed E-state index contributed by atoms with van der Waals surface area (Å²) in [5.41, 5.74) is 2.71. The van der Waals surface area contributed by atoms with Crippen LogP contribution in [0.3, 0.4) is 0 Å². The van der Waals surface area contributed by atoms with Crippen molar-refractivity contribution >= 4 is 17.5 Å². The van der Waals surface area contributed by atoms with E-state index < -0.39 is 12.4 Å². The molecule has 0 spiro atoms. The van der Waals surface area contributed by atoms with E-state index in [0.29, 0.717) is 18.8 Å². The SMILES string of the molecule is CC(C(=O)N1CCc2ccccc2C1)N(C)CC(=O)Nc1ccc(OC(F)(F)F)cc1. The van der Waals surface area contributed by atoms with E-state index in [1.807, 2.05) is 18.2 Å². The van der Waals surface area contributed by atoms with Gasteiger partial charge in [0.1, 0.15) is 5.75 Å². The Kier molecular flexibility index (Phi) is 6.84. The Morgan fingerprint density at radius 2 is 1.77 bits per heavy atom. The molecule has 3 rings (SSSR count). The van der Waals surface area contributed by atoms with Crippen LogP contribution in [-0.4, -0.2) is 54.2 Å². The molecule has 0 saturated carbocycles. The maximum atomic E-state index is 12.9. The zero-order valence-electron chi connectivity index (χ0n) is 17.3. The normalized spacial score (nSPS) is 14.7. The van der Waals surface area contributed by atoms with Gasteiger partial charge in [0, 0.05) is 18.8 Å². The molecule has 6 nitrogen and oxygen atoms in total. The lowest BCUT2D eigenvalue weighted by atomic mass is 9.99. The van der Waals surface area contributed by atoms with E-state index in [0.717, 1.165) is 24.1 Å². The minimum absolute atomic E-state index is 0.0435. The number of fused-ring (bicyclic) bond motifs is 1. The number of rotatable bonds is 6. The monoisotopic (exact) mass is 435 g/mol. The quantitative estimate of drug-likeness (QED) is 0.755.